The molecule has 1 N–H and O–H groups in total. The van der Waals surface area contributed by atoms with E-state index in [-0.39, 0.29) is 0 Å². The summed E-state index contributed by atoms with van der Waals surface area (Å²) in [5.74, 6) is -1.76. The standard InChI is InChI=1S/C7H11FN2O/c1-6(8)7(11)10-4-2-9-3-5-10/h9H,1-5H2/i4D. The molecule has 1 rings (SSSR count). The van der Waals surface area contributed by atoms with Gasteiger partial charge in [-0.25, -0.2) is 4.39 Å². The van der Waals surface area contributed by atoms with E-state index in [0.29, 0.717) is 19.6 Å². The van der Waals surface area contributed by atoms with Crippen molar-refractivity contribution in [2.45, 2.75) is 0 Å². The highest BCUT2D eigenvalue weighted by molar-refractivity contribution is 5.90. The molecule has 1 fully saturated rings. The molecule has 62 valence electrons. The molecular formula is C7H11FN2O. The summed E-state index contributed by atoms with van der Waals surface area (Å²) in [6.45, 7) is 3.57. The van der Waals surface area contributed by atoms with Gasteiger partial charge < -0.3 is 10.2 Å². The minimum absolute atomic E-state index is 0.371. The van der Waals surface area contributed by atoms with Crippen molar-refractivity contribution in [3.8, 4) is 0 Å². The molecule has 0 aromatic carbocycles. The monoisotopic (exact) mass is 159 g/mol. The smallest absolute Gasteiger partial charge is 0.282 e. The van der Waals surface area contributed by atoms with Crippen molar-refractivity contribution in [1.82, 2.24) is 10.2 Å². The third-order valence-electron chi connectivity index (χ3n) is 1.48. The van der Waals surface area contributed by atoms with Crippen LogP contribution >= 0.6 is 0 Å². The van der Waals surface area contributed by atoms with Crippen LogP contribution in [0.2, 0.25) is 0 Å². The van der Waals surface area contributed by atoms with Crippen molar-refractivity contribution in [1.29, 1.82) is 0 Å². The number of rotatable bonds is 1. The van der Waals surface area contributed by atoms with Crippen LogP contribution in [-0.4, -0.2) is 37.0 Å². The Morgan fingerprint density at radius 2 is 2.45 bits per heavy atom. The van der Waals surface area contributed by atoms with E-state index >= 15 is 0 Å². The van der Waals surface area contributed by atoms with Crippen LogP contribution in [0.1, 0.15) is 1.37 Å². The van der Waals surface area contributed by atoms with Gasteiger partial charge in [0.05, 0.1) is 1.37 Å². The fraction of sp³-hybridized carbons (Fsp3) is 0.571. The van der Waals surface area contributed by atoms with Gasteiger partial charge in [0.1, 0.15) is 0 Å². The predicted octanol–water partition coefficient (Wildman–Crippen LogP) is -0.0986. The van der Waals surface area contributed by atoms with Gasteiger partial charge in [-0.15, -0.1) is 0 Å². The summed E-state index contributed by atoms with van der Waals surface area (Å²) in [7, 11) is 0. The van der Waals surface area contributed by atoms with E-state index in [4.69, 9.17) is 1.37 Å². The maximum Gasteiger partial charge on any atom is 0.282 e. The first-order valence-electron chi connectivity index (χ1n) is 3.99. The van der Waals surface area contributed by atoms with Crippen LogP contribution < -0.4 is 5.32 Å². The van der Waals surface area contributed by atoms with Crippen molar-refractivity contribution < 1.29 is 10.6 Å². The Labute approximate surface area is 66.3 Å². The second kappa shape index (κ2) is 3.48. The molecule has 1 aliphatic heterocycles. The lowest BCUT2D eigenvalue weighted by atomic mass is 10.3. The SMILES string of the molecule is [2H]C1CNCCN1C(=O)C(=C)F. The molecule has 1 saturated heterocycles. The van der Waals surface area contributed by atoms with Crippen molar-refractivity contribution in [3.63, 3.8) is 0 Å². The zero-order valence-corrected chi connectivity index (χ0v) is 6.14. The molecule has 3 nitrogen and oxygen atoms in total. The number of amides is 1. The third-order valence-corrected chi connectivity index (χ3v) is 1.48. The summed E-state index contributed by atoms with van der Waals surface area (Å²) in [5, 5.41) is 2.92. The molecule has 1 amide bonds. The molecule has 0 aliphatic carbocycles. The Hall–Kier alpha value is -0.900. The van der Waals surface area contributed by atoms with Crippen molar-refractivity contribution in [2.24, 2.45) is 0 Å². The molecule has 4 heteroatoms. The van der Waals surface area contributed by atoms with E-state index in [0.717, 1.165) is 0 Å². The molecule has 0 saturated carbocycles. The maximum absolute atomic E-state index is 12.4. The molecular weight excluding hydrogens is 147 g/mol. The lowest BCUT2D eigenvalue weighted by Crippen LogP contribution is -2.46. The number of piperazine rings is 1. The van der Waals surface area contributed by atoms with Crippen LogP contribution in [0.15, 0.2) is 12.4 Å². The summed E-state index contributed by atoms with van der Waals surface area (Å²) in [6, 6.07) is 0. The predicted molar refractivity (Wildman–Crippen MR) is 39.7 cm³/mol. The molecule has 0 aromatic heterocycles. The van der Waals surface area contributed by atoms with Crippen LogP contribution in [0, 0.1) is 0 Å². The summed E-state index contributed by atoms with van der Waals surface area (Å²) in [6.07, 6.45) is 0. The molecule has 11 heavy (non-hydrogen) atoms. The minimum Gasteiger partial charge on any atom is -0.334 e. The lowest BCUT2D eigenvalue weighted by Gasteiger charge is -2.26. The molecule has 1 aliphatic rings. The van der Waals surface area contributed by atoms with E-state index in [1.807, 2.05) is 0 Å². The lowest BCUT2D eigenvalue weighted by molar-refractivity contribution is -0.129. The number of carbonyl (C=O) groups excluding carboxylic acids is 1. The molecule has 0 radical (unpaired) electrons. The van der Waals surface area contributed by atoms with Gasteiger partial charge in [-0.2, -0.15) is 0 Å². The van der Waals surface area contributed by atoms with Crippen molar-refractivity contribution in [2.75, 3.05) is 26.2 Å². The van der Waals surface area contributed by atoms with Crippen LogP contribution in [0.3, 0.4) is 0 Å². The van der Waals surface area contributed by atoms with Gasteiger partial charge in [0, 0.05) is 26.2 Å². The number of halogens is 1. The van der Waals surface area contributed by atoms with Gasteiger partial charge >= 0.3 is 0 Å². The first-order valence-corrected chi connectivity index (χ1v) is 3.41. The van der Waals surface area contributed by atoms with E-state index in [9.17, 15) is 9.18 Å². The van der Waals surface area contributed by atoms with Gasteiger partial charge in [0.25, 0.3) is 5.91 Å². The van der Waals surface area contributed by atoms with Crippen LogP contribution in [0.4, 0.5) is 4.39 Å². The normalized spacial score (nSPS) is 26.1. The molecule has 1 unspecified atom stereocenters. The van der Waals surface area contributed by atoms with Gasteiger partial charge in [-0.3, -0.25) is 4.79 Å². The topological polar surface area (TPSA) is 32.3 Å². The van der Waals surface area contributed by atoms with Crippen molar-refractivity contribution >= 4 is 5.91 Å². The fourth-order valence-electron chi connectivity index (χ4n) is 0.908. The van der Waals surface area contributed by atoms with Crippen LogP contribution in [0.25, 0.3) is 0 Å². The van der Waals surface area contributed by atoms with E-state index in [1.165, 1.54) is 4.90 Å². The Kier molecular flexibility index (Phi) is 2.15. The van der Waals surface area contributed by atoms with Crippen LogP contribution in [-0.2, 0) is 4.79 Å². The summed E-state index contributed by atoms with van der Waals surface area (Å²) < 4.78 is 19.8. The first kappa shape index (κ1) is 6.79. The van der Waals surface area contributed by atoms with E-state index in [2.05, 4.69) is 11.9 Å². The van der Waals surface area contributed by atoms with Crippen molar-refractivity contribution in [3.05, 3.63) is 12.4 Å². The largest absolute Gasteiger partial charge is 0.334 e. The highest BCUT2D eigenvalue weighted by atomic mass is 19.1. The molecule has 1 atom stereocenters. The minimum atomic E-state index is -0.992. The van der Waals surface area contributed by atoms with Gasteiger partial charge in [0.2, 0.25) is 0 Å². The van der Waals surface area contributed by atoms with Crippen LogP contribution in [0.5, 0.6) is 0 Å². The highest BCUT2D eigenvalue weighted by Crippen LogP contribution is 2.01. The van der Waals surface area contributed by atoms with E-state index in [1.54, 1.807) is 0 Å². The Balaban J connectivity index is 2.59. The number of nitrogens with zero attached hydrogens (tertiary/aromatic N) is 1. The fourth-order valence-corrected chi connectivity index (χ4v) is 0.908. The zero-order valence-electron chi connectivity index (χ0n) is 7.14. The van der Waals surface area contributed by atoms with E-state index < -0.39 is 18.3 Å². The summed E-state index contributed by atoms with van der Waals surface area (Å²) >= 11 is 0. The second-order valence-electron chi connectivity index (χ2n) is 2.29. The van der Waals surface area contributed by atoms with Gasteiger partial charge in [-0.1, -0.05) is 6.58 Å². The first-order chi connectivity index (χ1) is 5.63. The Morgan fingerprint density at radius 1 is 1.73 bits per heavy atom. The number of carbonyl (C=O) groups is 1. The second-order valence-corrected chi connectivity index (χ2v) is 2.29. The molecule has 0 aromatic rings. The maximum atomic E-state index is 12.4. The molecule has 0 spiro atoms. The number of hydrogen-bond donors (Lipinski definition) is 1. The summed E-state index contributed by atoms with van der Waals surface area (Å²) in [5.41, 5.74) is 0. The molecule has 0 bridgehead atoms. The third kappa shape index (κ3) is 2.01. The Bertz CT molecular complexity index is 210. The molecule has 1 heterocycles. The van der Waals surface area contributed by atoms with Gasteiger partial charge in [0.15, 0.2) is 5.83 Å². The average molecular weight is 159 g/mol. The quantitative estimate of drug-likeness (QED) is 0.542. The number of nitrogens with one attached hydrogen (secondary N) is 1. The average Bonchev–Trinajstić information content (AvgIpc) is 2.04. The summed E-state index contributed by atoms with van der Waals surface area (Å²) in [4.78, 5) is 12.2. The number of hydrogen-bond acceptors (Lipinski definition) is 2. The van der Waals surface area contributed by atoms with Gasteiger partial charge in [-0.05, 0) is 0 Å². The zero-order chi connectivity index (χ0) is 9.14. The Morgan fingerprint density at radius 3 is 3.00 bits per heavy atom. The highest BCUT2D eigenvalue weighted by Gasteiger charge is 2.17.